The minimum Gasteiger partial charge on any atom is -0.327 e. The van der Waals surface area contributed by atoms with E-state index in [0.29, 0.717) is 12.1 Å². The summed E-state index contributed by atoms with van der Waals surface area (Å²) in [6.07, 6.45) is 5.56. The van der Waals surface area contributed by atoms with E-state index in [4.69, 9.17) is 4.98 Å². The van der Waals surface area contributed by atoms with Gasteiger partial charge in [0.05, 0.1) is 29.2 Å². The Balaban J connectivity index is 1.56. The van der Waals surface area contributed by atoms with E-state index in [9.17, 15) is 5.26 Å². The van der Waals surface area contributed by atoms with Gasteiger partial charge in [0.1, 0.15) is 5.82 Å². The Morgan fingerprint density at radius 3 is 2.77 bits per heavy atom. The third-order valence-corrected chi connectivity index (χ3v) is 5.89. The van der Waals surface area contributed by atoms with Crippen molar-refractivity contribution in [3.8, 4) is 28.0 Å². The largest absolute Gasteiger partial charge is 0.327 e. The van der Waals surface area contributed by atoms with Crippen LogP contribution in [0.1, 0.15) is 18.3 Å². The van der Waals surface area contributed by atoms with Crippen molar-refractivity contribution in [3.05, 3.63) is 77.8 Å². The third-order valence-electron chi connectivity index (χ3n) is 5.12. The molecule has 0 fully saturated rings. The van der Waals surface area contributed by atoms with Crippen LogP contribution in [0.5, 0.6) is 0 Å². The Morgan fingerprint density at radius 1 is 1.07 bits per heavy atom. The van der Waals surface area contributed by atoms with Crippen LogP contribution >= 0.6 is 11.3 Å². The maximum atomic E-state index is 9.20. The van der Waals surface area contributed by atoms with Crippen molar-refractivity contribution in [1.29, 1.82) is 5.26 Å². The zero-order valence-corrected chi connectivity index (χ0v) is 17.2. The number of aryl methyl sites for hydroxylation is 1. The minimum atomic E-state index is 0.622. The van der Waals surface area contributed by atoms with Crippen molar-refractivity contribution in [2.24, 2.45) is 0 Å². The molecular formula is C23H18N6S. The van der Waals surface area contributed by atoms with Gasteiger partial charge in [-0.1, -0.05) is 18.2 Å². The molecule has 0 amide bonds. The Labute approximate surface area is 177 Å². The molecule has 6 nitrogen and oxygen atoms in total. The standard InChI is InChI=1S/C23H18N6S/c1-2-29-20-13-18(17-5-3-4-16(12-17)14-24)6-7-19(20)27-21(29)15-28-10-8-25-22(28)23-26-9-11-30-23/h3-13H,2,15H2,1H3. The lowest BCUT2D eigenvalue weighted by Gasteiger charge is -2.09. The van der Waals surface area contributed by atoms with Gasteiger partial charge < -0.3 is 9.13 Å². The maximum absolute atomic E-state index is 9.20. The first-order valence-corrected chi connectivity index (χ1v) is 10.6. The molecule has 5 rings (SSSR count). The number of benzene rings is 2. The Bertz CT molecular complexity index is 1370. The van der Waals surface area contributed by atoms with Crippen LogP contribution in [0.3, 0.4) is 0 Å². The van der Waals surface area contributed by atoms with Crippen LogP contribution in [-0.2, 0) is 13.1 Å². The summed E-state index contributed by atoms with van der Waals surface area (Å²) in [7, 11) is 0. The molecule has 3 aromatic heterocycles. The van der Waals surface area contributed by atoms with Crippen molar-refractivity contribution in [2.45, 2.75) is 20.0 Å². The number of hydrogen-bond acceptors (Lipinski definition) is 5. The highest BCUT2D eigenvalue weighted by atomic mass is 32.1. The fourth-order valence-electron chi connectivity index (χ4n) is 3.72. The van der Waals surface area contributed by atoms with Crippen molar-refractivity contribution >= 4 is 22.4 Å². The fraction of sp³-hybridized carbons (Fsp3) is 0.130. The molecule has 0 aliphatic heterocycles. The van der Waals surface area contributed by atoms with Crippen molar-refractivity contribution in [3.63, 3.8) is 0 Å². The van der Waals surface area contributed by atoms with Crippen LogP contribution in [0, 0.1) is 11.3 Å². The number of aromatic nitrogens is 5. The first kappa shape index (κ1) is 18.3. The van der Waals surface area contributed by atoms with Crippen LogP contribution in [0.4, 0.5) is 0 Å². The number of rotatable bonds is 5. The number of fused-ring (bicyclic) bond motifs is 1. The molecule has 0 aliphatic rings. The molecule has 5 aromatic rings. The lowest BCUT2D eigenvalue weighted by Crippen LogP contribution is -2.08. The quantitative estimate of drug-likeness (QED) is 0.410. The van der Waals surface area contributed by atoms with Crippen LogP contribution in [-0.4, -0.2) is 24.1 Å². The molecule has 0 aliphatic carbocycles. The van der Waals surface area contributed by atoms with Crippen LogP contribution in [0.2, 0.25) is 0 Å². The van der Waals surface area contributed by atoms with Gasteiger partial charge in [-0.3, -0.25) is 0 Å². The van der Waals surface area contributed by atoms with Crippen LogP contribution < -0.4 is 0 Å². The number of hydrogen-bond donors (Lipinski definition) is 0. The number of nitriles is 1. The average molecular weight is 411 g/mol. The van der Waals surface area contributed by atoms with Gasteiger partial charge >= 0.3 is 0 Å². The molecule has 0 N–H and O–H groups in total. The molecule has 0 saturated carbocycles. The predicted octanol–water partition coefficient (Wildman–Crippen LogP) is 4.96. The van der Waals surface area contributed by atoms with Gasteiger partial charge in [-0.15, -0.1) is 11.3 Å². The molecule has 3 heterocycles. The molecule has 7 heteroatoms. The van der Waals surface area contributed by atoms with E-state index in [0.717, 1.165) is 45.4 Å². The number of imidazole rings is 2. The second-order valence-electron chi connectivity index (χ2n) is 6.88. The van der Waals surface area contributed by atoms with Gasteiger partial charge in [0.2, 0.25) is 0 Å². The number of thiazole rings is 1. The molecule has 0 saturated heterocycles. The summed E-state index contributed by atoms with van der Waals surface area (Å²) in [6, 6.07) is 16.2. The second-order valence-corrected chi connectivity index (χ2v) is 7.78. The van der Waals surface area contributed by atoms with E-state index in [-0.39, 0.29) is 0 Å². The lowest BCUT2D eigenvalue weighted by molar-refractivity contribution is 0.667. The van der Waals surface area contributed by atoms with Gasteiger partial charge in [0.15, 0.2) is 10.8 Å². The highest BCUT2D eigenvalue weighted by Crippen LogP contribution is 2.27. The first-order chi connectivity index (χ1) is 14.8. The van der Waals surface area contributed by atoms with Crippen molar-refractivity contribution < 1.29 is 0 Å². The van der Waals surface area contributed by atoms with E-state index in [1.807, 2.05) is 35.8 Å². The Kier molecular flexibility index (Phi) is 4.62. The molecule has 0 radical (unpaired) electrons. The van der Waals surface area contributed by atoms with Gasteiger partial charge in [0, 0.05) is 30.5 Å². The monoisotopic (exact) mass is 410 g/mol. The van der Waals surface area contributed by atoms with Gasteiger partial charge in [0.25, 0.3) is 0 Å². The van der Waals surface area contributed by atoms with Crippen molar-refractivity contribution in [1.82, 2.24) is 24.1 Å². The van der Waals surface area contributed by atoms with Crippen LogP contribution in [0.25, 0.3) is 33.0 Å². The zero-order valence-electron chi connectivity index (χ0n) is 16.4. The first-order valence-electron chi connectivity index (χ1n) is 9.67. The predicted molar refractivity (Wildman–Crippen MR) is 118 cm³/mol. The molecule has 146 valence electrons. The SMILES string of the molecule is CCn1c(Cn2ccnc2-c2nccs2)nc2ccc(-c3cccc(C#N)c3)cc21. The molecule has 0 spiro atoms. The summed E-state index contributed by atoms with van der Waals surface area (Å²) in [6.45, 7) is 3.56. The summed E-state index contributed by atoms with van der Waals surface area (Å²) in [5, 5.41) is 12.1. The summed E-state index contributed by atoms with van der Waals surface area (Å²) < 4.78 is 4.32. The van der Waals surface area contributed by atoms with E-state index in [1.54, 1.807) is 23.7 Å². The lowest BCUT2D eigenvalue weighted by atomic mass is 10.0. The Hall–Kier alpha value is -3.76. The summed E-state index contributed by atoms with van der Waals surface area (Å²) in [4.78, 5) is 13.8. The highest BCUT2D eigenvalue weighted by molar-refractivity contribution is 7.13. The molecule has 0 unspecified atom stereocenters. The van der Waals surface area contributed by atoms with E-state index >= 15 is 0 Å². The maximum Gasteiger partial charge on any atom is 0.169 e. The summed E-state index contributed by atoms with van der Waals surface area (Å²) in [5.74, 6) is 1.83. The van der Waals surface area contributed by atoms with Gasteiger partial charge in [-0.25, -0.2) is 15.0 Å². The topological polar surface area (TPSA) is 72.3 Å². The normalized spacial score (nSPS) is 11.1. The smallest absolute Gasteiger partial charge is 0.169 e. The molecule has 0 bridgehead atoms. The summed E-state index contributed by atoms with van der Waals surface area (Å²) >= 11 is 1.58. The molecular weight excluding hydrogens is 392 g/mol. The fourth-order valence-corrected chi connectivity index (χ4v) is 4.36. The minimum absolute atomic E-state index is 0.622. The summed E-state index contributed by atoms with van der Waals surface area (Å²) in [5.41, 5.74) is 4.81. The van der Waals surface area contributed by atoms with E-state index in [2.05, 4.69) is 50.3 Å². The molecule has 30 heavy (non-hydrogen) atoms. The second kappa shape index (κ2) is 7.58. The zero-order chi connectivity index (χ0) is 20.5. The van der Waals surface area contributed by atoms with Crippen LogP contribution in [0.15, 0.2) is 66.4 Å². The van der Waals surface area contributed by atoms with E-state index < -0.39 is 0 Å². The third kappa shape index (κ3) is 3.17. The Morgan fingerprint density at radius 2 is 1.97 bits per heavy atom. The van der Waals surface area contributed by atoms with Crippen molar-refractivity contribution in [2.75, 3.05) is 0 Å². The molecule has 2 aromatic carbocycles. The van der Waals surface area contributed by atoms with Gasteiger partial charge in [-0.05, 0) is 42.3 Å². The number of nitrogens with zero attached hydrogens (tertiary/aromatic N) is 6. The average Bonchev–Trinajstić information content (AvgIpc) is 3.53. The molecule has 0 atom stereocenters. The van der Waals surface area contributed by atoms with E-state index in [1.165, 1.54) is 0 Å². The highest BCUT2D eigenvalue weighted by Gasteiger charge is 2.15. The van der Waals surface area contributed by atoms with Gasteiger partial charge in [-0.2, -0.15) is 5.26 Å².